The molecule has 0 atom stereocenters. The van der Waals surface area contributed by atoms with E-state index in [9.17, 15) is 4.79 Å². The lowest BCUT2D eigenvalue weighted by Gasteiger charge is -2.07. The zero-order valence-corrected chi connectivity index (χ0v) is 15.6. The summed E-state index contributed by atoms with van der Waals surface area (Å²) in [5, 5.41) is 15.2. The molecule has 1 N–H and O–H groups in total. The molecule has 7 nitrogen and oxygen atoms in total. The number of ether oxygens (including phenoxy) is 1. The van der Waals surface area contributed by atoms with Crippen LogP contribution in [-0.2, 0) is 0 Å². The molecule has 0 aliphatic heterocycles. The lowest BCUT2D eigenvalue weighted by atomic mass is 10.2. The van der Waals surface area contributed by atoms with Gasteiger partial charge in [0.05, 0.1) is 24.1 Å². The SMILES string of the molecule is CCOc1ccc(-n2ncc(C(=O)Nc3ccc(SC)cc3)c2C)nn1. The summed E-state index contributed by atoms with van der Waals surface area (Å²) in [7, 11) is 0. The van der Waals surface area contributed by atoms with Crippen molar-refractivity contribution < 1.29 is 9.53 Å². The van der Waals surface area contributed by atoms with E-state index in [2.05, 4.69) is 20.6 Å². The molecule has 3 aromatic rings. The van der Waals surface area contributed by atoms with Crippen LogP contribution in [0.1, 0.15) is 23.0 Å². The zero-order valence-electron chi connectivity index (χ0n) is 14.8. The molecule has 2 heterocycles. The minimum absolute atomic E-state index is 0.218. The Morgan fingerprint density at radius 2 is 1.96 bits per heavy atom. The number of nitrogens with one attached hydrogen (secondary N) is 1. The zero-order chi connectivity index (χ0) is 18.5. The monoisotopic (exact) mass is 369 g/mol. The number of hydrogen-bond donors (Lipinski definition) is 1. The van der Waals surface area contributed by atoms with Crippen molar-refractivity contribution >= 4 is 23.4 Å². The van der Waals surface area contributed by atoms with Gasteiger partial charge >= 0.3 is 0 Å². The number of carbonyl (C=O) groups excluding carboxylic acids is 1. The standard InChI is InChI=1S/C18H19N5O2S/c1-4-25-17-10-9-16(21-22-17)23-12(2)15(11-19-23)18(24)20-13-5-7-14(26-3)8-6-13/h5-11H,4H2,1-3H3,(H,20,24). The molecule has 2 aromatic heterocycles. The fourth-order valence-corrected chi connectivity index (χ4v) is 2.80. The van der Waals surface area contributed by atoms with Crippen molar-refractivity contribution in [1.29, 1.82) is 0 Å². The summed E-state index contributed by atoms with van der Waals surface area (Å²) in [6, 6.07) is 11.2. The van der Waals surface area contributed by atoms with Crippen molar-refractivity contribution in [2.75, 3.05) is 18.2 Å². The van der Waals surface area contributed by atoms with E-state index in [4.69, 9.17) is 4.74 Å². The maximum absolute atomic E-state index is 12.5. The summed E-state index contributed by atoms with van der Waals surface area (Å²) in [4.78, 5) is 13.7. The van der Waals surface area contributed by atoms with Gasteiger partial charge < -0.3 is 10.1 Å². The molecule has 26 heavy (non-hydrogen) atoms. The Hall–Kier alpha value is -2.87. The molecule has 1 aromatic carbocycles. The first-order valence-electron chi connectivity index (χ1n) is 8.09. The van der Waals surface area contributed by atoms with Gasteiger partial charge in [-0.05, 0) is 50.4 Å². The van der Waals surface area contributed by atoms with E-state index in [1.165, 1.54) is 6.20 Å². The van der Waals surface area contributed by atoms with Crippen molar-refractivity contribution in [2.24, 2.45) is 0 Å². The number of amides is 1. The van der Waals surface area contributed by atoms with Crippen molar-refractivity contribution in [3.8, 4) is 11.7 Å². The smallest absolute Gasteiger partial charge is 0.259 e. The first kappa shape index (κ1) is 17.9. The second-order valence-corrected chi connectivity index (χ2v) is 6.28. The normalized spacial score (nSPS) is 10.6. The van der Waals surface area contributed by atoms with Gasteiger partial charge in [0.1, 0.15) is 0 Å². The average Bonchev–Trinajstić information content (AvgIpc) is 3.05. The highest BCUT2D eigenvalue weighted by atomic mass is 32.2. The van der Waals surface area contributed by atoms with E-state index in [-0.39, 0.29) is 5.91 Å². The third kappa shape index (κ3) is 3.85. The third-order valence-corrected chi connectivity index (χ3v) is 4.48. The van der Waals surface area contributed by atoms with Crippen LogP contribution in [0.5, 0.6) is 5.88 Å². The van der Waals surface area contributed by atoms with E-state index in [1.807, 2.05) is 44.4 Å². The lowest BCUT2D eigenvalue weighted by Crippen LogP contribution is -2.13. The number of aromatic nitrogens is 4. The number of rotatable bonds is 6. The van der Waals surface area contributed by atoms with Crippen LogP contribution in [-0.4, -0.2) is 38.7 Å². The predicted octanol–water partition coefficient (Wildman–Crippen LogP) is 3.34. The fraction of sp³-hybridized carbons (Fsp3) is 0.222. The molecule has 0 saturated carbocycles. The quantitative estimate of drug-likeness (QED) is 0.671. The average molecular weight is 369 g/mol. The molecule has 1 amide bonds. The second kappa shape index (κ2) is 8.01. The van der Waals surface area contributed by atoms with Crippen LogP contribution in [0.15, 0.2) is 47.5 Å². The maximum Gasteiger partial charge on any atom is 0.259 e. The highest BCUT2D eigenvalue weighted by Gasteiger charge is 2.16. The summed E-state index contributed by atoms with van der Waals surface area (Å²) in [6.45, 7) is 4.22. The molecule has 8 heteroatoms. The fourth-order valence-electron chi connectivity index (χ4n) is 2.39. The number of carbonyl (C=O) groups is 1. The summed E-state index contributed by atoms with van der Waals surface area (Å²) in [5.41, 5.74) is 1.90. The van der Waals surface area contributed by atoms with Gasteiger partial charge in [-0.1, -0.05) is 0 Å². The van der Waals surface area contributed by atoms with Gasteiger partial charge in [0.2, 0.25) is 5.88 Å². The Morgan fingerprint density at radius 1 is 1.19 bits per heavy atom. The number of anilines is 1. The van der Waals surface area contributed by atoms with Crippen LogP contribution in [0.25, 0.3) is 5.82 Å². The molecular formula is C18H19N5O2S. The largest absolute Gasteiger partial charge is 0.477 e. The minimum atomic E-state index is -0.218. The summed E-state index contributed by atoms with van der Waals surface area (Å²) < 4.78 is 6.86. The van der Waals surface area contributed by atoms with E-state index in [0.29, 0.717) is 29.6 Å². The summed E-state index contributed by atoms with van der Waals surface area (Å²) in [5.74, 6) is 0.756. The Morgan fingerprint density at radius 3 is 2.58 bits per heavy atom. The third-order valence-electron chi connectivity index (χ3n) is 3.74. The van der Waals surface area contributed by atoms with E-state index in [1.54, 1.807) is 28.6 Å². The molecule has 0 spiro atoms. The van der Waals surface area contributed by atoms with Gasteiger partial charge in [0, 0.05) is 16.6 Å². The van der Waals surface area contributed by atoms with Gasteiger partial charge in [-0.25, -0.2) is 4.68 Å². The van der Waals surface area contributed by atoms with E-state index >= 15 is 0 Å². The van der Waals surface area contributed by atoms with Gasteiger partial charge in [-0.15, -0.1) is 22.0 Å². The molecule has 0 bridgehead atoms. The first-order chi connectivity index (χ1) is 12.6. The molecule has 134 valence electrons. The molecule has 0 unspecified atom stereocenters. The predicted molar refractivity (Wildman–Crippen MR) is 101 cm³/mol. The highest BCUT2D eigenvalue weighted by Crippen LogP contribution is 2.19. The van der Waals surface area contributed by atoms with Crippen molar-refractivity contribution in [3.05, 3.63) is 53.9 Å². The number of benzene rings is 1. The summed E-state index contributed by atoms with van der Waals surface area (Å²) >= 11 is 1.65. The van der Waals surface area contributed by atoms with Crippen molar-refractivity contribution in [2.45, 2.75) is 18.7 Å². The molecule has 0 radical (unpaired) electrons. The number of hydrogen-bond acceptors (Lipinski definition) is 6. The first-order valence-corrected chi connectivity index (χ1v) is 9.31. The highest BCUT2D eigenvalue weighted by molar-refractivity contribution is 7.98. The molecular weight excluding hydrogens is 350 g/mol. The van der Waals surface area contributed by atoms with Gasteiger partial charge in [0.15, 0.2) is 5.82 Å². The maximum atomic E-state index is 12.5. The lowest BCUT2D eigenvalue weighted by molar-refractivity contribution is 0.102. The Kier molecular flexibility index (Phi) is 5.52. The molecule has 3 rings (SSSR count). The van der Waals surface area contributed by atoms with Crippen LogP contribution >= 0.6 is 11.8 Å². The van der Waals surface area contributed by atoms with Crippen LogP contribution in [0.2, 0.25) is 0 Å². The Labute approximate surface area is 155 Å². The van der Waals surface area contributed by atoms with Crippen LogP contribution in [0.3, 0.4) is 0 Å². The topological polar surface area (TPSA) is 81.9 Å². The van der Waals surface area contributed by atoms with Crippen molar-refractivity contribution in [1.82, 2.24) is 20.0 Å². The minimum Gasteiger partial charge on any atom is -0.477 e. The number of nitrogens with zero attached hydrogens (tertiary/aromatic N) is 4. The molecule has 0 saturated heterocycles. The van der Waals surface area contributed by atoms with Gasteiger partial charge in [-0.2, -0.15) is 5.10 Å². The van der Waals surface area contributed by atoms with Crippen LogP contribution in [0, 0.1) is 6.92 Å². The number of thioether (sulfide) groups is 1. The Balaban J connectivity index is 1.77. The van der Waals surface area contributed by atoms with Gasteiger partial charge in [0.25, 0.3) is 5.91 Å². The van der Waals surface area contributed by atoms with Crippen molar-refractivity contribution in [3.63, 3.8) is 0 Å². The Bertz CT molecular complexity index is 891. The molecule has 0 aliphatic rings. The van der Waals surface area contributed by atoms with E-state index < -0.39 is 0 Å². The molecule has 0 fully saturated rings. The van der Waals surface area contributed by atoms with Gasteiger partial charge in [-0.3, -0.25) is 4.79 Å². The van der Waals surface area contributed by atoms with Crippen LogP contribution < -0.4 is 10.1 Å². The van der Waals surface area contributed by atoms with Crippen LogP contribution in [0.4, 0.5) is 5.69 Å². The molecule has 0 aliphatic carbocycles. The second-order valence-electron chi connectivity index (χ2n) is 5.40. The van der Waals surface area contributed by atoms with E-state index in [0.717, 1.165) is 10.6 Å². The summed E-state index contributed by atoms with van der Waals surface area (Å²) in [6.07, 6.45) is 3.54.